The number of carboxylic acid groups (broad SMARTS) is 1. The number of aliphatic carboxylic acids is 1. The number of hydrogen-bond donors (Lipinski definition) is 3. The third kappa shape index (κ3) is 2.92. The fourth-order valence-electron chi connectivity index (χ4n) is 3.60. The quantitative estimate of drug-likeness (QED) is 0.673. The van der Waals surface area contributed by atoms with Crippen LogP contribution in [0.5, 0.6) is 0 Å². The van der Waals surface area contributed by atoms with Gasteiger partial charge in [-0.2, -0.15) is 0 Å². The molecule has 1 aromatic carbocycles. The number of nitrogens with zero attached hydrogens (tertiary/aromatic N) is 1. The van der Waals surface area contributed by atoms with Crippen LogP contribution in [0.3, 0.4) is 0 Å². The predicted molar refractivity (Wildman–Crippen MR) is 90.7 cm³/mol. The Labute approximate surface area is 150 Å². The summed E-state index contributed by atoms with van der Waals surface area (Å²) in [4.78, 5) is 36.5. The number of fused-ring (bicyclic) bond motifs is 1. The minimum Gasteiger partial charge on any atom is -0.477 e. The average Bonchev–Trinajstić information content (AvgIpc) is 2.94. The third-order valence-electron chi connectivity index (χ3n) is 4.78. The number of carboxylic acids is 1. The standard InChI is InChI=1S/C18H20N2O6/c1-9(21)14-13-7-12(15(17(23)24)20(13)16(14)22)11-5-3-4-10(6-11)8-26-18(25)19-2/h3-6,9,13-14,21H,7-8H2,1-2H3,(H,19,25)(H,23,24)/t9-,13-,14-/m1/s1. The van der Waals surface area contributed by atoms with Crippen LogP contribution in [0.25, 0.3) is 5.57 Å². The van der Waals surface area contributed by atoms with Crippen LogP contribution in [0.2, 0.25) is 0 Å². The Balaban J connectivity index is 1.90. The van der Waals surface area contributed by atoms with E-state index in [4.69, 9.17) is 4.74 Å². The monoisotopic (exact) mass is 360 g/mol. The van der Waals surface area contributed by atoms with Gasteiger partial charge in [0.15, 0.2) is 0 Å². The van der Waals surface area contributed by atoms with E-state index in [1.54, 1.807) is 24.3 Å². The highest BCUT2D eigenvalue weighted by atomic mass is 16.5. The zero-order valence-corrected chi connectivity index (χ0v) is 14.4. The second-order valence-electron chi connectivity index (χ2n) is 6.40. The highest BCUT2D eigenvalue weighted by Gasteiger charge is 2.56. The van der Waals surface area contributed by atoms with E-state index in [-0.39, 0.29) is 24.3 Å². The maximum absolute atomic E-state index is 12.3. The summed E-state index contributed by atoms with van der Waals surface area (Å²) in [5.74, 6) is -2.12. The first-order valence-electron chi connectivity index (χ1n) is 8.26. The maximum atomic E-state index is 12.3. The van der Waals surface area contributed by atoms with Crippen LogP contribution in [0.4, 0.5) is 4.79 Å². The third-order valence-corrected chi connectivity index (χ3v) is 4.78. The Kier molecular flexibility index (Phi) is 4.69. The van der Waals surface area contributed by atoms with Crippen molar-refractivity contribution in [2.45, 2.75) is 32.1 Å². The van der Waals surface area contributed by atoms with Gasteiger partial charge in [-0.1, -0.05) is 18.2 Å². The first-order valence-corrected chi connectivity index (χ1v) is 8.26. The zero-order valence-electron chi connectivity index (χ0n) is 14.4. The molecule has 26 heavy (non-hydrogen) atoms. The van der Waals surface area contributed by atoms with Crippen molar-refractivity contribution in [1.29, 1.82) is 0 Å². The summed E-state index contributed by atoms with van der Waals surface area (Å²) in [5, 5.41) is 21.7. The molecule has 0 aliphatic carbocycles. The van der Waals surface area contributed by atoms with Gasteiger partial charge < -0.3 is 25.2 Å². The molecule has 1 saturated heterocycles. The lowest BCUT2D eigenvalue weighted by Crippen LogP contribution is -2.61. The molecule has 0 aromatic heterocycles. The minimum atomic E-state index is -1.17. The van der Waals surface area contributed by atoms with E-state index in [2.05, 4.69) is 5.32 Å². The SMILES string of the molecule is CNC(=O)OCc1cccc(C2=C(C(=O)O)N3C(=O)[C@H]([C@@H](C)O)[C@H]3C2)c1. The molecule has 0 saturated carbocycles. The number of amides is 2. The molecule has 0 radical (unpaired) electrons. The van der Waals surface area contributed by atoms with Gasteiger partial charge in [0.25, 0.3) is 0 Å². The summed E-state index contributed by atoms with van der Waals surface area (Å²) in [6, 6.07) is 6.67. The number of rotatable bonds is 5. The number of hydrogen-bond acceptors (Lipinski definition) is 5. The van der Waals surface area contributed by atoms with Gasteiger partial charge >= 0.3 is 12.1 Å². The van der Waals surface area contributed by atoms with E-state index in [0.717, 1.165) is 0 Å². The number of carbonyl (C=O) groups excluding carboxylic acids is 2. The molecule has 3 N–H and O–H groups in total. The number of aliphatic hydroxyl groups excluding tert-OH is 1. The second-order valence-corrected chi connectivity index (χ2v) is 6.40. The molecule has 0 unspecified atom stereocenters. The molecule has 3 rings (SSSR count). The highest BCUT2D eigenvalue weighted by Crippen LogP contribution is 2.46. The predicted octanol–water partition coefficient (Wildman–Crippen LogP) is 0.950. The topological polar surface area (TPSA) is 116 Å². The largest absolute Gasteiger partial charge is 0.477 e. The molecule has 2 heterocycles. The number of benzene rings is 1. The van der Waals surface area contributed by atoms with Gasteiger partial charge in [0.2, 0.25) is 5.91 Å². The highest BCUT2D eigenvalue weighted by molar-refractivity contribution is 6.06. The number of carbonyl (C=O) groups is 3. The molecule has 0 spiro atoms. The molecular weight excluding hydrogens is 340 g/mol. The van der Waals surface area contributed by atoms with Gasteiger partial charge in [-0.3, -0.25) is 4.79 Å². The van der Waals surface area contributed by atoms with Crippen LogP contribution in [-0.4, -0.2) is 52.3 Å². The first kappa shape index (κ1) is 17.9. The summed E-state index contributed by atoms with van der Waals surface area (Å²) >= 11 is 0. The first-order chi connectivity index (χ1) is 12.3. The van der Waals surface area contributed by atoms with Gasteiger partial charge in [0.05, 0.1) is 18.1 Å². The van der Waals surface area contributed by atoms with E-state index < -0.39 is 24.1 Å². The van der Waals surface area contributed by atoms with Crippen molar-refractivity contribution < 1.29 is 29.3 Å². The van der Waals surface area contributed by atoms with Crippen LogP contribution in [-0.2, 0) is 20.9 Å². The summed E-state index contributed by atoms with van der Waals surface area (Å²) in [6.45, 7) is 1.58. The number of ether oxygens (including phenoxy) is 1. The maximum Gasteiger partial charge on any atom is 0.407 e. The van der Waals surface area contributed by atoms with Crippen LogP contribution >= 0.6 is 0 Å². The minimum absolute atomic E-state index is 0.0405. The Morgan fingerprint density at radius 1 is 1.42 bits per heavy atom. The van der Waals surface area contributed by atoms with Gasteiger partial charge in [0.1, 0.15) is 12.3 Å². The summed E-state index contributed by atoms with van der Waals surface area (Å²) < 4.78 is 5.01. The molecule has 2 amide bonds. The van der Waals surface area contributed by atoms with Crippen molar-refractivity contribution >= 4 is 23.5 Å². The lowest BCUT2D eigenvalue weighted by atomic mass is 9.82. The van der Waals surface area contributed by atoms with Crippen molar-refractivity contribution in [2.24, 2.45) is 5.92 Å². The fraction of sp³-hybridized carbons (Fsp3) is 0.389. The summed E-state index contributed by atoms with van der Waals surface area (Å²) in [7, 11) is 1.46. The average molecular weight is 360 g/mol. The number of aliphatic hydroxyl groups is 1. The van der Waals surface area contributed by atoms with Crippen LogP contribution < -0.4 is 5.32 Å². The molecule has 8 heteroatoms. The Morgan fingerprint density at radius 2 is 2.15 bits per heavy atom. The second kappa shape index (κ2) is 6.80. The fourth-order valence-corrected chi connectivity index (χ4v) is 3.60. The lowest BCUT2D eigenvalue weighted by molar-refractivity contribution is -0.161. The molecule has 3 atom stereocenters. The van der Waals surface area contributed by atoms with Crippen LogP contribution in [0.1, 0.15) is 24.5 Å². The lowest BCUT2D eigenvalue weighted by Gasteiger charge is -2.44. The van der Waals surface area contributed by atoms with Crippen molar-refractivity contribution in [3.05, 3.63) is 41.1 Å². The molecular formula is C18H20N2O6. The molecule has 8 nitrogen and oxygen atoms in total. The smallest absolute Gasteiger partial charge is 0.407 e. The van der Waals surface area contributed by atoms with Crippen molar-refractivity contribution in [1.82, 2.24) is 10.2 Å². The Morgan fingerprint density at radius 3 is 2.77 bits per heavy atom. The number of nitrogens with one attached hydrogen (secondary N) is 1. The Hall–Kier alpha value is -2.87. The molecule has 1 aromatic rings. The normalized spacial score (nSPS) is 22.6. The molecule has 2 aliphatic heterocycles. The van der Waals surface area contributed by atoms with E-state index in [1.165, 1.54) is 18.9 Å². The van der Waals surface area contributed by atoms with Gasteiger partial charge in [-0.25, -0.2) is 9.59 Å². The zero-order chi connectivity index (χ0) is 19.0. The van der Waals surface area contributed by atoms with Crippen LogP contribution in [0.15, 0.2) is 30.0 Å². The Bertz CT molecular complexity index is 801. The number of β-lactam (4-membered cyclic amide) rings is 1. The number of alkyl carbamates (subject to hydrolysis) is 1. The summed E-state index contributed by atoms with van der Waals surface area (Å²) in [5.41, 5.74) is 1.87. The molecule has 138 valence electrons. The van der Waals surface area contributed by atoms with Crippen molar-refractivity contribution in [3.63, 3.8) is 0 Å². The van der Waals surface area contributed by atoms with Gasteiger partial charge in [0, 0.05) is 7.05 Å². The van der Waals surface area contributed by atoms with Crippen LogP contribution in [0, 0.1) is 5.92 Å². The molecule has 0 bridgehead atoms. The van der Waals surface area contributed by atoms with Crippen molar-refractivity contribution in [2.75, 3.05) is 7.05 Å². The van der Waals surface area contributed by atoms with E-state index in [1.807, 2.05) is 0 Å². The van der Waals surface area contributed by atoms with E-state index in [0.29, 0.717) is 23.1 Å². The van der Waals surface area contributed by atoms with Crippen molar-refractivity contribution in [3.8, 4) is 0 Å². The molecule has 2 aliphatic rings. The van der Waals surface area contributed by atoms with E-state index in [9.17, 15) is 24.6 Å². The van der Waals surface area contributed by atoms with Gasteiger partial charge in [-0.05, 0) is 36.1 Å². The molecule has 1 fully saturated rings. The van der Waals surface area contributed by atoms with E-state index >= 15 is 0 Å². The summed E-state index contributed by atoms with van der Waals surface area (Å²) in [6.07, 6.45) is -1.02. The van der Waals surface area contributed by atoms with Gasteiger partial charge in [-0.15, -0.1) is 0 Å².